The van der Waals surface area contributed by atoms with E-state index < -0.39 is 4.92 Å². The third-order valence-corrected chi connectivity index (χ3v) is 5.87. The maximum atomic E-state index is 10.7. The molecule has 32 heavy (non-hydrogen) atoms. The molecule has 0 amide bonds. The van der Waals surface area contributed by atoms with Gasteiger partial charge < -0.3 is 18.9 Å². The summed E-state index contributed by atoms with van der Waals surface area (Å²) in [5.41, 5.74) is 2.54. The van der Waals surface area contributed by atoms with Crippen LogP contribution in [0, 0.1) is 16.0 Å². The van der Waals surface area contributed by atoms with Gasteiger partial charge in [0.15, 0.2) is 0 Å². The third kappa shape index (κ3) is 6.64. The fourth-order valence-corrected chi connectivity index (χ4v) is 4.13. The molecule has 1 saturated carbocycles. The number of nitrogens with zero attached hydrogens (tertiary/aromatic N) is 1. The molecule has 1 spiro atoms. The second-order valence-corrected chi connectivity index (χ2v) is 8.26. The highest BCUT2D eigenvalue weighted by Crippen LogP contribution is 2.50. The van der Waals surface area contributed by atoms with E-state index in [4.69, 9.17) is 18.9 Å². The van der Waals surface area contributed by atoms with E-state index in [1.807, 2.05) is 0 Å². The summed E-state index contributed by atoms with van der Waals surface area (Å²) in [7, 11) is 3.20. The minimum Gasteiger partial charge on any atom is -0.497 e. The Bertz CT molecular complexity index is 823. The molecule has 1 heterocycles. The normalized spacial score (nSPS) is 26.4. The Hall–Kier alpha value is -2.71. The second kappa shape index (κ2) is 11.8. The molecule has 8 heteroatoms. The summed E-state index contributed by atoms with van der Waals surface area (Å²) in [6, 6.07) is 5.91. The predicted molar refractivity (Wildman–Crippen MR) is 121 cm³/mol. The molecule has 2 aliphatic rings. The Balaban J connectivity index is 0.000000278. The fourth-order valence-electron chi connectivity index (χ4n) is 4.13. The molecule has 1 aliphatic carbocycles. The van der Waals surface area contributed by atoms with Gasteiger partial charge in [-0.25, -0.2) is 0 Å². The van der Waals surface area contributed by atoms with E-state index >= 15 is 0 Å². The minimum atomic E-state index is -0.445. The number of ether oxygens (including phenoxy) is 4. The molecule has 1 aromatic carbocycles. The highest BCUT2D eigenvalue weighted by molar-refractivity contribution is 5.38. The van der Waals surface area contributed by atoms with Crippen molar-refractivity contribution in [3.63, 3.8) is 0 Å². The zero-order valence-electron chi connectivity index (χ0n) is 19.4. The van der Waals surface area contributed by atoms with E-state index in [2.05, 4.69) is 32.9 Å². The van der Waals surface area contributed by atoms with Crippen molar-refractivity contribution in [1.82, 2.24) is 0 Å². The lowest BCUT2D eigenvalue weighted by Crippen LogP contribution is -2.49. The largest absolute Gasteiger partial charge is 0.497 e. The Morgan fingerprint density at radius 2 is 1.88 bits per heavy atom. The molecule has 3 rings (SSSR count). The first-order valence-electron chi connectivity index (χ1n) is 10.6. The molecular formula is C24H33NO7. The molecule has 1 aromatic rings. The Kier molecular flexibility index (Phi) is 9.41. The maximum Gasteiger partial charge on any atom is 0.293 e. The molecule has 4 atom stereocenters. The van der Waals surface area contributed by atoms with E-state index in [0.717, 1.165) is 25.9 Å². The molecule has 3 unspecified atom stereocenters. The van der Waals surface area contributed by atoms with Crippen LogP contribution in [0.15, 0.2) is 47.6 Å². The van der Waals surface area contributed by atoms with Crippen LogP contribution < -0.4 is 4.74 Å². The molecule has 0 radical (unpaired) electrons. The predicted octanol–water partition coefficient (Wildman–Crippen LogP) is 4.63. The molecule has 0 N–H and O–H groups in total. The maximum absolute atomic E-state index is 10.7. The van der Waals surface area contributed by atoms with Crippen LogP contribution in [0.2, 0.25) is 0 Å². The van der Waals surface area contributed by atoms with Gasteiger partial charge in [0.1, 0.15) is 23.6 Å². The van der Waals surface area contributed by atoms with Gasteiger partial charge >= 0.3 is 0 Å². The Labute approximate surface area is 189 Å². The van der Waals surface area contributed by atoms with Crippen LogP contribution in [0.5, 0.6) is 5.75 Å². The lowest BCUT2D eigenvalue weighted by Gasteiger charge is -2.40. The molecule has 0 bridgehead atoms. The second-order valence-electron chi connectivity index (χ2n) is 8.26. The Morgan fingerprint density at radius 3 is 2.34 bits per heavy atom. The highest BCUT2D eigenvalue weighted by atomic mass is 16.6. The minimum absolute atomic E-state index is 0.0748. The summed E-state index contributed by atoms with van der Waals surface area (Å²) in [6.45, 7) is 7.63. The van der Waals surface area contributed by atoms with Gasteiger partial charge in [0.05, 0.1) is 18.6 Å². The van der Waals surface area contributed by atoms with Crippen molar-refractivity contribution in [3.8, 4) is 5.75 Å². The summed E-state index contributed by atoms with van der Waals surface area (Å²) in [6.07, 6.45) is 6.76. The quantitative estimate of drug-likeness (QED) is 0.188. The smallest absolute Gasteiger partial charge is 0.293 e. The fraction of sp³-hybridized carbons (Fsp3) is 0.542. The van der Waals surface area contributed by atoms with Crippen LogP contribution in [0.1, 0.15) is 40.0 Å². The number of nitro groups is 1. The first kappa shape index (κ1) is 25.5. The van der Waals surface area contributed by atoms with Gasteiger partial charge in [0, 0.05) is 25.2 Å². The number of carbonyl (C=O) groups excluding carboxylic acids is 1. The number of carbonyl (C=O) groups is 1. The number of benzene rings is 1. The molecule has 1 aliphatic heterocycles. The number of rotatable bonds is 8. The number of hydrogen-bond donors (Lipinski definition) is 0. The van der Waals surface area contributed by atoms with Crippen molar-refractivity contribution in [2.24, 2.45) is 5.92 Å². The zero-order valence-corrected chi connectivity index (χ0v) is 19.4. The van der Waals surface area contributed by atoms with Crippen LogP contribution in [0.3, 0.4) is 0 Å². The van der Waals surface area contributed by atoms with Crippen LogP contribution in [-0.4, -0.2) is 50.0 Å². The first-order valence-corrected chi connectivity index (χ1v) is 10.6. The molecular weight excluding hydrogens is 414 g/mol. The van der Waals surface area contributed by atoms with Crippen LogP contribution in [-0.2, 0) is 19.0 Å². The summed E-state index contributed by atoms with van der Waals surface area (Å²) >= 11 is 0. The molecule has 1 saturated heterocycles. The number of allylic oxidation sites excluding steroid dienone is 3. The number of non-ortho nitro benzene ring substituents is 1. The number of methoxy groups -OCH3 is 2. The SMILES string of the molecule is COC1C(OC=O)CC[C@]2(CO2)C1/C(C)=C/CC=C(C)C.COc1ccc([N+](=O)[O-])cc1. The first-order chi connectivity index (χ1) is 15.3. The number of hydrogen-bond acceptors (Lipinski definition) is 7. The van der Waals surface area contributed by atoms with Gasteiger partial charge in [0.25, 0.3) is 12.2 Å². The number of nitro benzene ring substituents is 1. The van der Waals surface area contributed by atoms with Crippen LogP contribution in [0.4, 0.5) is 5.69 Å². The summed E-state index contributed by atoms with van der Waals surface area (Å²) in [5.74, 6) is 0.780. The molecule has 0 aromatic heterocycles. The summed E-state index contributed by atoms with van der Waals surface area (Å²) in [4.78, 5) is 20.4. The average molecular weight is 448 g/mol. The van der Waals surface area contributed by atoms with Gasteiger partial charge in [-0.2, -0.15) is 0 Å². The van der Waals surface area contributed by atoms with Crippen molar-refractivity contribution in [2.75, 3.05) is 20.8 Å². The van der Waals surface area contributed by atoms with Gasteiger partial charge in [-0.3, -0.25) is 14.9 Å². The average Bonchev–Trinajstić information content (AvgIpc) is 3.54. The van der Waals surface area contributed by atoms with Crippen LogP contribution >= 0.6 is 0 Å². The van der Waals surface area contributed by atoms with Gasteiger partial charge in [-0.15, -0.1) is 0 Å². The van der Waals surface area contributed by atoms with Gasteiger partial charge in [0.2, 0.25) is 0 Å². The Morgan fingerprint density at radius 1 is 1.22 bits per heavy atom. The third-order valence-electron chi connectivity index (χ3n) is 5.87. The molecule has 176 valence electrons. The standard InChI is InChI=1S/C17H26O4.C7H7NO3/c1-12(2)6-5-7-13(3)15-16(19-4)14(20-11-18)8-9-17(15)10-21-17;1-11-7-4-2-6(3-5-7)8(9)10/h6-7,11,14-16H,5,8-10H2,1-4H3;2-5H,1H3/b13-7+;/t14?,15?,16?,17-;/m0./s1. The van der Waals surface area contributed by atoms with Crippen molar-refractivity contribution in [2.45, 2.75) is 57.8 Å². The molecule has 8 nitrogen and oxygen atoms in total. The lowest BCUT2D eigenvalue weighted by molar-refractivity contribution is -0.384. The van der Waals surface area contributed by atoms with Gasteiger partial charge in [-0.05, 0) is 52.2 Å². The highest BCUT2D eigenvalue weighted by Gasteiger charge is 2.59. The van der Waals surface area contributed by atoms with Crippen molar-refractivity contribution in [3.05, 3.63) is 57.7 Å². The van der Waals surface area contributed by atoms with Crippen molar-refractivity contribution >= 4 is 12.2 Å². The summed E-state index contributed by atoms with van der Waals surface area (Å²) in [5, 5.41) is 10.2. The lowest BCUT2D eigenvalue weighted by atomic mass is 9.72. The van der Waals surface area contributed by atoms with Crippen molar-refractivity contribution < 1.29 is 28.7 Å². The monoisotopic (exact) mass is 447 g/mol. The van der Waals surface area contributed by atoms with E-state index in [1.165, 1.54) is 30.4 Å². The summed E-state index contributed by atoms with van der Waals surface area (Å²) < 4.78 is 21.5. The molecule has 2 fully saturated rings. The zero-order chi connectivity index (χ0) is 23.7. The van der Waals surface area contributed by atoms with Gasteiger partial charge in [-0.1, -0.05) is 23.3 Å². The number of epoxide rings is 1. The van der Waals surface area contributed by atoms with E-state index in [9.17, 15) is 14.9 Å². The van der Waals surface area contributed by atoms with E-state index in [1.54, 1.807) is 19.2 Å². The van der Waals surface area contributed by atoms with Crippen molar-refractivity contribution in [1.29, 1.82) is 0 Å². The van der Waals surface area contributed by atoms with E-state index in [0.29, 0.717) is 12.2 Å². The topological polar surface area (TPSA) is 100 Å². The van der Waals surface area contributed by atoms with E-state index in [-0.39, 0.29) is 29.4 Å². The van der Waals surface area contributed by atoms with Crippen LogP contribution in [0.25, 0.3) is 0 Å².